The van der Waals surface area contributed by atoms with Crippen LogP contribution in [-0.2, 0) is 4.74 Å². The van der Waals surface area contributed by atoms with Gasteiger partial charge in [-0.25, -0.2) is 4.79 Å². The van der Waals surface area contributed by atoms with E-state index < -0.39 is 0 Å². The molecule has 0 aliphatic heterocycles. The first kappa shape index (κ1) is 12.1. The highest BCUT2D eigenvalue weighted by Gasteiger charge is 2.13. The molecule has 0 unspecified atom stereocenters. The van der Waals surface area contributed by atoms with E-state index in [-0.39, 0.29) is 5.97 Å². The van der Waals surface area contributed by atoms with Crippen LogP contribution in [0.25, 0.3) is 11.1 Å². The molecule has 0 aliphatic carbocycles. The molecule has 0 atom stereocenters. The molecule has 3 heteroatoms. The lowest BCUT2D eigenvalue weighted by atomic mass is 10.0. The summed E-state index contributed by atoms with van der Waals surface area (Å²) in [6, 6.07) is 15.6. The van der Waals surface area contributed by atoms with Gasteiger partial charge in [0.1, 0.15) is 0 Å². The van der Waals surface area contributed by atoms with E-state index in [1.54, 1.807) is 6.07 Å². The quantitative estimate of drug-likeness (QED) is 0.616. The molecule has 2 rings (SSSR count). The first-order chi connectivity index (χ1) is 8.24. The Labute approximate surface area is 114 Å². The van der Waals surface area contributed by atoms with Crippen LogP contribution in [0.1, 0.15) is 10.4 Å². The van der Waals surface area contributed by atoms with Gasteiger partial charge in [-0.2, -0.15) is 0 Å². The van der Waals surface area contributed by atoms with Crippen LogP contribution in [0.3, 0.4) is 0 Å². The minimum Gasteiger partial charge on any atom is -0.465 e. The maximum Gasteiger partial charge on any atom is 0.338 e. The van der Waals surface area contributed by atoms with Gasteiger partial charge in [0.15, 0.2) is 0 Å². The van der Waals surface area contributed by atoms with E-state index in [0.29, 0.717) is 5.56 Å². The third kappa shape index (κ3) is 2.49. The molecule has 0 N–H and O–H groups in total. The lowest BCUT2D eigenvalue weighted by Crippen LogP contribution is -2.04. The summed E-state index contributed by atoms with van der Waals surface area (Å²) in [6.07, 6.45) is 0. The van der Waals surface area contributed by atoms with Crippen LogP contribution in [0.5, 0.6) is 0 Å². The Bertz CT molecular complexity index is 535. The average molecular weight is 338 g/mol. The van der Waals surface area contributed by atoms with E-state index in [1.165, 1.54) is 7.11 Å². The van der Waals surface area contributed by atoms with Gasteiger partial charge in [-0.1, -0.05) is 42.5 Å². The Morgan fingerprint density at radius 2 is 1.76 bits per heavy atom. The monoisotopic (exact) mass is 338 g/mol. The number of carbonyl (C=O) groups excluding carboxylic acids is 1. The van der Waals surface area contributed by atoms with Crippen molar-refractivity contribution >= 4 is 28.6 Å². The lowest BCUT2D eigenvalue weighted by Gasteiger charge is -2.08. The second-order valence-corrected chi connectivity index (χ2v) is 4.60. The van der Waals surface area contributed by atoms with Crippen molar-refractivity contribution in [3.8, 4) is 11.1 Å². The van der Waals surface area contributed by atoms with Gasteiger partial charge >= 0.3 is 5.97 Å². The number of methoxy groups -OCH3 is 1. The van der Waals surface area contributed by atoms with Gasteiger partial charge in [0.2, 0.25) is 0 Å². The van der Waals surface area contributed by atoms with Crippen LogP contribution in [0.15, 0.2) is 48.5 Å². The summed E-state index contributed by atoms with van der Waals surface area (Å²) >= 11 is 2.18. The third-order valence-corrected chi connectivity index (χ3v) is 3.65. The third-order valence-electron chi connectivity index (χ3n) is 2.49. The zero-order chi connectivity index (χ0) is 12.3. The van der Waals surface area contributed by atoms with Gasteiger partial charge in [-0.15, -0.1) is 0 Å². The van der Waals surface area contributed by atoms with E-state index >= 15 is 0 Å². The number of benzene rings is 2. The van der Waals surface area contributed by atoms with Gasteiger partial charge in [0.25, 0.3) is 0 Å². The van der Waals surface area contributed by atoms with Gasteiger partial charge in [0.05, 0.1) is 12.7 Å². The van der Waals surface area contributed by atoms with Crippen LogP contribution in [0.2, 0.25) is 0 Å². The number of hydrogen-bond donors (Lipinski definition) is 0. The Balaban J connectivity index is 2.54. The minimum atomic E-state index is -0.299. The van der Waals surface area contributed by atoms with Crippen LogP contribution in [-0.4, -0.2) is 13.1 Å². The minimum absolute atomic E-state index is 0.299. The van der Waals surface area contributed by atoms with Crippen molar-refractivity contribution in [2.45, 2.75) is 0 Å². The van der Waals surface area contributed by atoms with Crippen molar-refractivity contribution in [3.63, 3.8) is 0 Å². The van der Waals surface area contributed by atoms with Crippen molar-refractivity contribution in [2.75, 3.05) is 7.11 Å². The first-order valence-electron chi connectivity index (χ1n) is 5.16. The molecule has 0 aromatic heterocycles. The smallest absolute Gasteiger partial charge is 0.338 e. The van der Waals surface area contributed by atoms with Crippen molar-refractivity contribution in [1.82, 2.24) is 0 Å². The van der Waals surface area contributed by atoms with Gasteiger partial charge < -0.3 is 4.74 Å². The molecule has 2 aromatic rings. The summed E-state index contributed by atoms with van der Waals surface area (Å²) in [5.74, 6) is -0.299. The van der Waals surface area contributed by atoms with Crippen molar-refractivity contribution in [1.29, 1.82) is 0 Å². The van der Waals surface area contributed by atoms with Crippen molar-refractivity contribution in [2.24, 2.45) is 0 Å². The number of halogens is 1. The standard InChI is InChI=1S/C14H11IO2/c1-17-14(16)12-9-5-8-11(13(12)15)10-6-3-2-4-7-10/h2-9H,1H3. The van der Waals surface area contributed by atoms with Crippen molar-refractivity contribution in [3.05, 3.63) is 57.7 Å². The molecule has 0 radical (unpaired) electrons. The fraction of sp³-hybridized carbons (Fsp3) is 0.0714. The molecule has 17 heavy (non-hydrogen) atoms. The Hall–Kier alpha value is -1.36. The zero-order valence-electron chi connectivity index (χ0n) is 9.31. The number of carbonyl (C=O) groups is 1. The van der Waals surface area contributed by atoms with Gasteiger partial charge in [0, 0.05) is 3.57 Å². The number of esters is 1. The molecule has 0 heterocycles. The predicted octanol–water partition coefficient (Wildman–Crippen LogP) is 3.74. The molecule has 0 amide bonds. The largest absolute Gasteiger partial charge is 0.465 e. The summed E-state index contributed by atoms with van der Waals surface area (Å²) < 4.78 is 5.68. The molecular weight excluding hydrogens is 327 g/mol. The zero-order valence-corrected chi connectivity index (χ0v) is 11.5. The Morgan fingerprint density at radius 1 is 1.06 bits per heavy atom. The summed E-state index contributed by atoms with van der Waals surface area (Å²) in [6.45, 7) is 0. The molecule has 0 spiro atoms. The second-order valence-electron chi connectivity index (χ2n) is 3.52. The van der Waals surface area contributed by atoms with Crippen molar-refractivity contribution < 1.29 is 9.53 Å². The molecular formula is C14H11IO2. The van der Waals surface area contributed by atoms with E-state index in [4.69, 9.17) is 4.74 Å². The molecule has 2 nitrogen and oxygen atoms in total. The van der Waals surface area contributed by atoms with E-state index in [2.05, 4.69) is 22.6 Å². The fourth-order valence-corrected chi connectivity index (χ4v) is 2.53. The van der Waals surface area contributed by atoms with Gasteiger partial charge in [-0.05, 0) is 39.8 Å². The normalized spacial score (nSPS) is 10.0. The molecule has 0 saturated carbocycles. The topological polar surface area (TPSA) is 26.3 Å². The second kappa shape index (κ2) is 5.31. The number of rotatable bonds is 2. The summed E-state index contributed by atoms with van der Waals surface area (Å²) in [4.78, 5) is 11.6. The summed E-state index contributed by atoms with van der Waals surface area (Å²) in [5.41, 5.74) is 2.76. The Morgan fingerprint density at radius 3 is 2.41 bits per heavy atom. The molecule has 0 bridgehead atoms. The lowest BCUT2D eigenvalue weighted by molar-refractivity contribution is 0.0599. The Kier molecular flexibility index (Phi) is 3.78. The highest BCUT2D eigenvalue weighted by atomic mass is 127. The highest BCUT2D eigenvalue weighted by Crippen LogP contribution is 2.27. The number of hydrogen-bond acceptors (Lipinski definition) is 2. The summed E-state index contributed by atoms with van der Waals surface area (Å²) in [7, 11) is 1.40. The van der Waals surface area contributed by atoms with E-state index in [1.807, 2.05) is 42.5 Å². The molecule has 86 valence electrons. The SMILES string of the molecule is COC(=O)c1cccc(-c2ccccc2)c1I. The first-order valence-corrected chi connectivity index (χ1v) is 6.24. The fourth-order valence-electron chi connectivity index (χ4n) is 1.64. The molecule has 0 fully saturated rings. The maximum atomic E-state index is 11.6. The summed E-state index contributed by atoms with van der Waals surface area (Å²) in [5, 5.41) is 0. The maximum absolute atomic E-state index is 11.6. The number of ether oxygens (including phenoxy) is 1. The van der Waals surface area contributed by atoms with Gasteiger partial charge in [-0.3, -0.25) is 0 Å². The van der Waals surface area contributed by atoms with Crippen LogP contribution in [0.4, 0.5) is 0 Å². The molecule has 0 aliphatic rings. The molecule has 0 saturated heterocycles. The average Bonchev–Trinajstić information content (AvgIpc) is 2.39. The highest BCUT2D eigenvalue weighted by molar-refractivity contribution is 14.1. The van der Waals surface area contributed by atoms with Crippen LogP contribution in [0, 0.1) is 3.57 Å². The van der Waals surface area contributed by atoms with Crippen LogP contribution >= 0.6 is 22.6 Å². The predicted molar refractivity (Wildman–Crippen MR) is 75.9 cm³/mol. The van der Waals surface area contributed by atoms with E-state index in [9.17, 15) is 4.79 Å². The van der Waals surface area contributed by atoms with Crippen LogP contribution < -0.4 is 0 Å². The van der Waals surface area contributed by atoms with E-state index in [0.717, 1.165) is 14.7 Å². The molecule has 2 aromatic carbocycles.